The highest BCUT2D eigenvalue weighted by Gasteiger charge is 2.37. The molecule has 0 saturated heterocycles. The summed E-state index contributed by atoms with van der Waals surface area (Å²) in [5, 5.41) is 10.4. The number of benzene rings is 1. The molecule has 0 radical (unpaired) electrons. The van der Waals surface area contributed by atoms with E-state index in [9.17, 15) is 19.3 Å². The van der Waals surface area contributed by atoms with Crippen LogP contribution in [0.15, 0.2) is 24.3 Å². The molecule has 0 aliphatic heterocycles. The molecule has 0 bridgehead atoms. The Labute approximate surface area is 94.8 Å². The topological polar surface area (TPSA) is 99.9 Å². The van der Waals surface area contributed by atoms with Gasteiger partial charge in [-0.3, -0.25) is 19.8 Å². The Hall–Kier alpha value is -2.60. The highest BCUT2D eigenvalue weighted by atomic mass is 19.1. The van der Waals surface area contributed by atoms with Gasteiger partial charge in [0.15, 0.2) is 4.92 Å². The zero-order chi connectivity index (χ0) is 13.0. The SMILES string of the molecule is CN(C(=O)C(=[N+]=[N-])[N+](=O)[O-])c1ccc(F)cc1. The zero-order valence-electron chi connectivity index (χ0n) is 8.70. The van der Waals surface area contributed by atoms with Crippen molar-refractivity contribution >= 4 is 17.4 Å². The Bertz CT molecular complexity index is 507. The van der Waals surface area contributed by atoms with Gasteiger partial charge >= 0.3 is 11.7 Å². The largest absolute Gasteiger partial charge is 0.670 e. The summed E-state index contributed by atoms with van der Waals surface area (Å²) in [5.41, 5.74) is 8.58. The minimum Gasteiger partial charge on any atom is -0.354 e. The first-order valence-corrected chi connectivity index (χ1v) is 4.37. The van der Waals surface area contributed by atoms with Crippen LogP contribution < -0.4 is 4.90 Å². The zero-order valence-corrected chi connectivity index (χ0v) is 8.70. The van der Waals surface area contributed by atoms with E-state index >= 15 is 0 Å². The van der Waals surface area contributed by atoms with Crippen LogP contribution in [0.3, 0.4) is 0 Å². The van der Waals surface area contributed by atoms with Crippen molar-refractivity contribution in [2.75, 3.05) is 11.9 Å². The fraction of sp³-hybridized carbons (Fsp3) is 0.111. The summed E-state index contributed by atoms with van der Waals surface area (Å²) in [5.74, 6) is -2.82. The summed E-state index contributed by atoms with van der Waals surface area (Å²) in [7, 11) is 1.24. The highest BCUT2D eigenvalue weighted by molar-refractivity contribution is 6.37. The number of amides is 1. The smallest absolute Gasteiger partial charge is 0.354 e. The molecule has 8 heteroatoms. The van der Waals surface area contributed by atoms with E-state index in [0.29, 0.717) is 0 Å². The van der Waals surface area contributed by atoms with E-state index in [0.717, 1.165) is 17.0 Å². The molecule has 0 aliphatic carbocycles. The molecule has 1 aromatic rings. The molecule has 0 unspecified atom stereocenters. The molecular weight excluding hydrogens is 231 g/mol. The Kier molecular flexibility index (Phi) is 3.63. The van der Waals surface area contributed by atoms with Crippen LogP contribution in [0.1, 0.15) is 0 Å². The van der Waals surface area contributed by atoms with Crippen molar-refractivity contribution in [3.8, 4) is 0 Å². The number of likely N-dealkylation sites (N-methyl/N-ethyl adjacent to an activating group) is 1. The van der Waals surface area contributed by atoms with Crippen molar-refractivity contribution < 1.29 is 18.9 Å². The molecule has 1 rings (SSSR count). The lowest BCUT2D eigenvalue weighted by atomic mass is 10.3. The van der Waals surface area contributed by atoms with Crippen LogP contribution in [-0.2, 0) is 4.79 Å². The average molecular weight is 238 g/mol. The van der Waals surface area contributed by atoms with Crippen molar-refractivity contribution in [3.63, 3.8) is 0 Å². The van der Waals surface area contributed by atoms with Crippen LogP contribution in [0.2, 0.25) is 0 Å². The Morgan fingerprint density at radius 3 is 2.41 bits per heavy atom. The van der Waals surface area contributed by atoms with Gasteiger partial charge in [0.25, 0.3) is 0 Å². The van der Waals surface area contributed by atoms with E-state index in [1.54, 1.807) is 0 Å². The lowest BCUT2D eigenvalue weighted by Gasteiger charge is -2.11. The molecule has 0 aliphatic rings. The minimum absolute atomic E-state index is 0.236. The summed E-state index contributed by atoms with van der Waals surface area (Å²) >= 11 is 0. The summed E-state index contributed by atoms with van der Waals surface area (Å²) in [6.07, 6.45) is 0. The third-order valence-electron chi connectivity index (χ3n) is 1.98. The second-order valence-electron chi connectivity index (χ2n) is 3.02. The van der Waals surface area contributed by atoms with Crippen LogP contribution in [0.25, 0.3) is 5.53 Å². The molecule has 0 spiro atoms. The number of hydrogen-bond donors (Lipinski definition) is 0. The minimum atomic E-state index is -1.21. The summed E-state index contributed by atoms with van der Waals surface area (Å²) in [6, 6.07) is 4.73. The van der Waals surface area contributed by atoms with Gasteiger partial charge in [-0.25, -0.2) is 4.39 Å². The molecule has 1 amide bonds. The molecule has 0 aromatic heterocycles. The van der Waals surface area contributed by atoms with Crippen molar-refractivity contribution in [1.29, 1.82) is 0 Å². The first-order valence-electron chi connectivity index (χ1n) is 4.37. The predicted molar refractivity (Wildman–Crippen MR) is 55.4 cm³/mol. The maximum Gasteiger partial charge on any atom is 0.670 e. The number of carbonyl (C=O) groups is 1. The molecular formula is C9H7FN4O3. The lowest BCUT2D eigenvalue weighted by molar-refractivity contribution is -0.381. The van der Waals surface area contributed by atoms with Crippen molar-refractivity contribution in [3.05, 3.63) is 45.7 Å². The second-order valence-corrected chi connectivity index (χ2v) is 3.02. The number of rotatable bonds is 1. The predicted octanol–water partition coefficient (Wildman–Crippen LogP) is 0.694. The van der Waals surface area contributed by atoms with Gasteiger partial charge in [-0.05, 0) is 24.3 Å². The molecule has 1 aromatic carbocycles. The van der Waals surface area contributed by atoms with E-state index in [2.05, 4.69) is 4.79 Å². The van der Waals surface area contributed by atoms with E-state index in [4.69, 9.17) is 5.53 Å². The lowest BCUT2D eigenvalue weighted by Crippen LogP contribution is -2.37. The van der Waals surface area contributed by atoms with Crippen LogP contribution >= 0.6 is 0 Å². The van der Waals surface area contributed by atoms with Gasteiger partial charge in [0.2, 0.25) is 0 Å². The van der Waals surface area contributed by atoms with Crippen LogP contribution in [-0.4, -0.2) is 28.5 Å². The number of anilines is 1. The highest BCUT2D eigenvalue weighted by Crippen LogP contribution is 2.13. The molecule has 17 heavy (non-hydrogen) atoms. The maximum absolute atomic E-state index is 12.6. The summed E-state index contributed by atoms with van der Waals surface area (Å²) in [4.78, 5) is 23.9. The van der Waals surface area contributed by atoms with Crippen LogP contribution in [0, 0.1) is 15.9 Å². The first kappa shape index (κ1) is 12.5. The number of nitro groups is 1. The third-order valence-corrected chi connectivity index (χ3v) is 1.98. The number of hydrogen-bond acceptors (Lipinski definition) is 3. The summed E-state index contributed by atoms with van der Waals surface area (Å²) in [6.45, 7) is 0. The molecule has 0 atom stereocenters. The van der Waals surface area contributed by atoms with Gasteiger partial charge in [0, 0.05) is 12.7 Å². The number of halogens is 1. The number of carbonyl (C=O) groups excluding carboxylic acids is 1. The molecule has 0 saturated carbocycles. The quantitative estimate of drug-likeness (QED) is 0.180. The summed E-state index contributed by atoms with van der Waals surface area (Å²) < 4.78 is 12.6. The second kappa shape index (κ2) is 4.95. The van der Waals surface area contributed by atoms with E-state index < -0.39 is 22.5 Å². The standard InChI is InChI=1S/C9H7FN4O3/c1-13(7-4-2-6(10)3-5-7)9(15)8(12-11)14(16)17/h2-5H,1H3. The normalized spacial score (nSPS) is 9.29. The van der Waals surface area contributed by atoms with Crippen molar-refractivity contribution in [1.82, 2.24) is 0 Å². The average Bonchev–Trinajstić information content (AvgIpc) is 2.29. The van der Waals surface area contributed by atoms with E-state index in [-0.39, 0.29) is 5.69 Å². The molecule has 0 N–H and O–H groups in total. The molecule has 0 fully saturated rings. The number of nitrogens with zero attached hydrogens (tertiary/aromatic N) is 4. The van der Waals surface area contributed by atoms with Gasteiger partial charge in [-0.1, -0.05) is 4.79 Å². The van der Waals surface area contributed by atoms with Gasteiger partial charge < -0.3 is 5.53 Å². The van der Waals surface area contributed by atoms with Gasteiger partial charge in [0.05, 0.1) is 0 Å². The van der Waals surface area contributed by atoms with Crippen molar-refractivity contribution in [2.24, 2.45) is 0 Å². The fourth-order valence-electron chi connectivity index (χ4n) is 1.09. The molecule has 88 valence electrons. The first-order chi connectivity index (χ1) is 7.97. The Morgan fingerprint density at radius 2 is 2.00 bits per heavy atom. The Balaban J connectivity index is 3.01. The van der Waals surface area contributed by atoms with Gasteiger partial charge in [-0.15, -0.1) is 0 Å². The van der Waals surface area contributed by atoms with Crippen LogP contribution in [0.4, 0.5) is 10.1 Å². The molecule has 7 nitrogen and oxygen atoms in total. The monoisotopic (exact) mass is 238 g/mol. The van der Waals surface area contributed by atoms with Gasteiger partial charge in [-0.2, -0.15) is 0 Å². The maximum atomic E-state index is 12.6. The third kappa shape index (κ3) is 2.70. The number of amidine groups is 1. The molecule has 0 heterocycles. The van der Waals surface area contributed by atoms with Crippen molar-refractivity contribution in [2.45, 2.75) is 0 Å². The fourth-order valence-corrected chi connectivity index (χ4v) is 1.09. The van der Waals surface area contributed by atoms with Gasteiger partial charge in [0.1, 0.15) is 5.82 Å². The Morgan fingerprint density at radius 1 is 1.47 bits per heavy atom. The van der Waals surface area contributed by atoms with E-state index in [1.165, 1.54) is 19.2 Å². The van der Waals surface area contributed by atoms with Crippen LogP contribution in [0.5, 0.6) is 0 Å². The van der Waals surface area contributed by atoms with E-state index in [1.807, 2.05) is 0 Å².